The third-order valence-electron chi connectivity index (χ3n) is 3.66. The summed E-state index contributed by atoms with van der Waals surface area (Å²) in [6.07, 6.45) is 1.31. The van der Waals surface area contributed by atoms with Gasteiger partial charge in [-0.15, -0.1) is 11.3 Å². The fourth-order valence-electron chi connectivity index (χ4n) is 2.70. The lowest BCUT2D eigenvalue weighted by Crippen LogP contribution is -2.17. The molecular formula is C15H17NS. The molecular weight excluding hydrogens is 226 g/mol. The van der Waals surface area contributed by atoms with Crippen LogP contribution in [0.25, 0.3) is 0 Å². The normalized spacial score (nSPS) is 24.5. The molecule has 1 aliphatic carbocycles. The van der Waals surface area contributed by atoms with Gasteiger partial charge in [0.15, 0.2) is 0 Å². The lowest BCUT2D eigenvalue weighted by molar-refractivity contribution is 0.526. The first-order valence-electron chi connectivity index (χ1n) is 6.16. The molecule has 1 heterocycles. The van der Waals surface area contributed by atoms with E-state index in [-0.39, 0.29) is 0 Å². The van der Waals surface area contributed by atoms with Gasteiger partial charge in [0, 0.05) is 10.9 Å². The lowest BCUT2D eigenvalue weighted by Gasteiger charge is -2.14. The zero-order valence-corrected chi connectivity index (χ0v) is 10.8. The third-order valence-corrected chi connectivity index (χ3v) is 4.61. The molecule has 1 N–H and O–H groups in total. The maximum absolute atomic E-state index is 3.48. The molecule has 1 aliphatic rings. The van der Waals surface area contributed by atoms with Crippen LogP contribution in [0.2, 0.25) is 0 Å². The van der Waals surface area contributed by atoms with Crippen LogP contribution in [0, 0.1) is 5.92 Å². The predicted molar refractivity (Wildman–Crippen MR) is 73.4 cm³/mol. The summed E-state index contributed by atoms with van der Waals surface area (Å²) in [5.74, 6) is 1.51. The topological polar surface area (TPSA) is 12.0 Å². The Morgan fingerprint density at radius 2 is 2.00 bits per heavy atom. The van der Waals surface area contributed by atoms with Crippen LogP contribution in [-0.4, -0.2) is 7.05 Å². The molecule has 1 fully saturated rings. The Labute approximate surface area is 106 Å². The van der Waals surface area contributed by atoms with Gasteiger partial charge in [-0.2, -0.15) is 0 Å². The second-order valence-corrected chi connectivity index (χ2v) is 5.68. The summed E-state index contributed by atoms with van der Waals surface area (Å²) < 4.78 is 0. The van der Waals surface area contributed by atoms with Gasteiger partial charge in [0.05, 0.1) is 0 Å². The van der Waals surface area contributed by atoms with Gasteiger partial charge in [0.2, 0.25) is 0 Å². The maximum Gasteiger partial charge on any atom is 0.0447 e. The van der Waals surface area contributed by atoms with Gasteiger partial charge < -0.3 is 5.32 Å². The Kier molecular flexibility index (Phi) is 3.00. The minimum atomic E-state index is 0.528. The molecule has 2 aromatic rings. The summed E-state index contributed by atoms with van der Waals surface area (Å²) in [6, 6.07) is 15.8. The molecule has 17 heavy (non-hydrogen) atoms. The van der Waals surface area contributed by atoms with Crippen molar-refractivity contribution >= 4 is 11.3 Å². The Hall–Kier alpha value is -1.12. The highest BCUT2D eigenvalue weighted by Gasteiger charge is 2.43. The van der Waals surface area contributed by atoms with Crippen LogP contribution in [0.3, 0.4) is 0 Å². The van der Waals surface area contributed by atoms with Gasteiger partial charge >= 0.3 is 0 Å². The fourth-order valence-corrected chi connectivity index (χ4v) is 3.61. The van der Waals surface area contributed by atoms with Crippen LogP contribution in [-0.2, 0) is 0 Å². The molecule has 1 saturated carbocycles. The van der Waals surface area contributed by atoms with Gasteiger partial charge in [-0.1, -0.05) is 36.4 Å². The number of benzene rings is 1. The molecule has 88 valence electrons. The van der Waals surface area contributed by atoms with E-state index < -0.39 is 0 Å². The molecule has 1 nitrogen and oxygen atoms in total. The summed E-state index contributed by atoms with van der Waals surface area (Å²) in [6.45, 7) is 0. The van der Waals surface area contributed by atoms with Gasteiger partial charge in [0.1, 0.15) is 0 Å². The van der Waals surface area contributed by atoms with Crippen molar-refractivity contribution in [3.05, 3.63) is 58.3 Å². The molecule has 0 spiro atoms. The van der Waals surface area contributed by atoms with Gasteiger partial charge in [-0.25, -0.2) is 0 Å². The van der Waals surface area contributed by atoms with E-state index in [1.807, 2.05) is 11.3 Å². The monoisotopic (exact) mass is 243 g/mol. The first-order chi connectivity index (χ1) is 8.40. The van der Waals surface area contributed by atoms with Gasteiger partial charge in [-0.3, -0.25) is 0 Å². The summed E-state index contributed by atoms with van der Waals surface area (Å²) in [5.41, 5.74) is 1.49. The van der Waals surface area contributed by atoms with Crippen LogP contribution in [0.4, 0.5) is 0 Å². The van der Waals surface area contributed by atoms with Crippen LogP contribution in [0.5, 0.6) is 0 Å². The smallest absolute Gasteiger partial charge is 0.0447 e. The summed E-state index contributed by atoms with van der Waals surface area (Å²) in [5, 5.41) is 5.64. The van der Waals surface area contributed by atoms with Crippen LogP contribution in [0.1, 0.15) is 28.8 Å². The van der Waals surface area contributed by atoms with E-state index in [0.29, 0.717) is 6.04 Å². The second kappa shape index (κ2) is 4.63. The van der Waals surface area contributed by atoms with Crippen molar-refractivity contribution in [1.29, 1.82) is 0 Å². The quantitative estimate of drug-likeness (QED) is 0.861. The number of rotatable bonds is 4. The first kappa shape index (κ1) is 11.0. The van der Waals surface area contributed by atoms with Crippen molar-refractivity contribution in [3.63, 3.8) is 0 Å². The van der Waals surface area contributed by atoms with Crippen molar-refractivity contribution in [2.24, 2.45) is 5.92 Å². The largest absolute Gasteiger partial charge is 0.312 e. The maximum atomic E-state index is 3.48. The number of hydrogen-bond donors (Lipinski definition) is 1. The summed E-state index contributed by atoms with van der Waals surface area (Å²) in [4.78, 5) is 1.47. The second-order valence-electron chi connectivity index (χ2n) is 4.70. The minimum absolute atomic E-state index is 0.528. The Morgan fingerprint density at radius 3 is 2.65 bits per heavy atom. The number of thiophene rings is 1. The van der Waals surface area contributed by atoms with E-state index in [1.165, 1.54) is 16.9 Å². The Bertz CT molecular complexity index is 463. The van der Waals surface area contributed by atoms with E-state index in [2.05, 4.69) is 60.2 Å². The minimum Gasteiger partial charge on any atom is -0.312 e. The van der Waals surface area contributed by atoms with E-state index >= 15 is 0 Å². The molecule has 3 rings (SSSR count). The van der Waals surface area contributed by atoms with Gasteiger partial charge in [0.25, 0.3) is 0 Å². The average Bonchev–Trinajstić information content (AvgIpc) is 2.97. The highest BCUT2D eigenvalue weighted by molar-refractivity contribution is 7.10. The first-order valence-corrected chi connectivity index (χ1v) is 7.03. The third kappa shape index (κ3) is 2.15. The summed E-state index contributed by atoms with van der Waals surface area (Å²) in [7, 11) is 2.07. The Balaban J connectivity index is 1.75. The van der Waals surface area contributed by atoms with Crippen LogP contribution in [0.15, 0.2) is 47.8 Å². The molecule has 0 radical (unpaired) electrons. The molecule has 0 saturated heterocycles. The predicted octanol–water partition coefficient (Wildman–Crippen LogP) is 3.81. The average molecular weight is 243 g/mol. The zero-order chi connectivity index (χ0) is 11.7. The van der Waals surface area contributed by atoms with Crippen molar-refractivity contribution in [2.45, 2.75) is 18.4 Å². The van der Waals surface area contributed by atoms with Gasteiger partial charge in [-0.05, 0) is 42.3 Å². The molecule has 3 unspecified atom stereocenters. The number of hydrogen-bond acceptors (Lipinski definition) is 2. The van der Waals surface area contributed by atoms with Crippen molar-refractivity contribution < 1.29 is 0 Å². The summed E-state index contributed by atoms with van der Waals surface area (Å²) >= 11 is 1.86. The fraction of sp³-hybridized carbons (Fsp3) is 0.333. The van der Waals surface area contributed by atoms with E-state index in [1.54, 1.807) is 0 Å². The molecule has 2 heteroatoms. The molecule has 0 bridgehead atoms. The van der Waals surface area contributed by atoms with Crippen molar-refractivity contribution in [1.82, 2.24) is 5.32 Å². The van der Waals surface area contributed by atoms with Crippen LogP contribution < -0.4 is 5.32 Å². The van der Waals surface area contributed by atoms with Crippen molar-refractivity contribution in [3.8, 4) is 0 Å². The van der Waals surface area contributed by atoms with E-state index in [4.69, 9.17) is 0 Å². The standard InChI is InChI=1S/C15H17NS/c1-16-15(14-8-5-9-17-14)13-10-12(13)11-6-3-2-4-7-11/h2-9,12-13,15-16H,10H2,1H3. The van der Waals surface area contributed by atoms with Crippen molar-refractivity contribution in [2.75, 3.05) is 7.05 Å². The number of nitrogens with one attached hydrogen (secondary N) is 1. The molecule has 1 aromatic carbocycles. The molecule has 0 aliphatic heterocycles. The zero-order valence-electron chi connectivity index (χ0n) is 9.97. The molecule has 0 amide bonds. The van der Waals surface area contributed by atoms with Crippen LogP contribution >= 0.6 is 11.3 Å². The Morgan fingerprint density at radius 1 is 1.18 bits per heavy atom. The molecule has 3 atom stereocenters. The highest BCUT2D eigenvalue weighted by atomic mass is 32.1. The lowest BCUT2D eigenvalue weighted by atomic mass is 10.0. The van der Waals surface area contributed by atoms with E-state index in [9.17, 15) is 0 Å². The SMILES string of the molecule is CNC(c1cccs1)C1CC1c1ccccc1. The molecule has 1 aromatic heterocycles. The van der Waals surface area contributed by atoms with E-state index in [0.717, 1.165) is 11.8 Å². The highest BCUT2D eigenvalue weighted by Crippen LogP contribution is 2.54.